The Balaban J connectivity index is 2.21. The van der Waals surface area contributed by atoms with E-state index < -0.39 is 11.4 Å². The Morgan fingerprint density at radius 3 is 2.50 bits per heavy atom. The van der Waals surface area contributed by atoms with Gasteiger partial charge in [-0.1, -0.05) is 12.1 Å². The van der Waals surface area contributed by atoms with E-state index in [1.165, 1.54) is 12.1 Å². The van der Waals surface area contributed by atoms with Gasteiger partial charge in [0.15, 0.2) is 0 Å². The van der Waals surface area contributed by atoms with Crippen LogP contribution in [0, 0.1) is 11.2 Å². The van der Waals surface area contributed by atoms with E-state index in [4.69, 9.17) is 5.11 Å². The molecule has 1 N–H and O–H groups in total. The molecule has 0 amide bonds. The number of carboxylic acid groups (broad SMARTS) is 1. The topological polar surface area (TPSA) is 37.3 Å². The molecular formula is C11H11FO2. The normalized spacial score (nSPS) is 30.0. The van der Waals surface area contributed by atoms with Crippen LogP contribution in [0.2, 0.25) is 0 Å². The molecule has 1 aliphatic carbocycles. The highest BCUT2D eigenvalue weighted by atomic mass is 19.1. The fraction of sp³-hybridized carbons (Fsp3) is 0.364. The fourth-order valence-electron chi connectivity index (χ4n) is 1.78. The maximum absolute atomic E-state index is 12.6. The van der Waals surface area contributed by atoms with Crippen molar-refractivity contribution in [2.45, 2.75) is 19.3 Å². The van der Waals surface area contributed by atoms with Gasteiger partial charge in [0.25, 0.3) is 0 Å². The first kappa shape index (κ1) is 9.19. The highest BCUT2D eigenvalue weighted by molar-refractivity contribution is 5.79. The Morgan fingerprint density at radius 1 is 1.50 bits per heavy atom. The van der Waals surface area contributed by atoms with Gasteiger partial charge in [0, 0.05) is 5.92 Å². The molecule has 1 aliphatic rings. The van der Waals surface area contributed by atoms with Crippen molar-refractivity contribution in [3.63, 3.8) is 0 Å². The average molecular weight is 194 g/mol. The molecule has 1 aromatic rings. The second kappa shape index (κ2) is 2.80. The summed E-state index contributed by atoms with van der Waals surface area (Å²) in [6, 6.07) is 6.06. The van der Waals surface area contributed by atoms with E-state index in [0.29, 0.717) is 6.42 Å². The summed E-state index contributed by atoms with van der Waals surface area (Å²) in [7, 11) is 0. The highest BCUT2D eigenvalue weighted by Crippen LogP contribution is 2.59. The summed E-state index contributed by atoms with van der Waals surface area (Å²) in [6.45, 7) is 1.73. The molecule has 3 heteroatoms. The van der Waals surface area contributed by atoms with Crippen LogP contribution in [0.4, 0.5) is 4.39 Å². The Morgan fingerprint density at radius 2 is 2.07 bits per heavy atom. The lowest BCUT2D eigenvalue weighted by Crippen LogP contribution is -2.12. The molecule has 0 spiro atoms. The van der Waals surface area contributed by atoms with Gasteiger partial charge in [-0.25, -0.2) is 4.39 Å². The molecule has 2 rings (SSSR count). The summed E-state index contributed by atoms with van der Waals surface area (Å²) in [5.74, 6) is -1.01. The Labute approximate surface area is 81.4 Å². The SMILES string of the molecule is C[C@@]1(C(=O)O)CC1c1ccc(F)cc1. The van der Waals surface area contributed by atoms with E-state index in [1.54, 1.807) is 19.1 Å². The van der Waals surface area contributed by atoms with E-state index in [9.17, 15) is 9.18 Å². The van der Waals surface area contributed by atoms with Gasteiger partial charge in [0.2, 0.25) is 0 Å². The van der Waals surface area contributed by atoms with Crippen LogP contribution >= 0.6 is 0 Å². The van der Waals surface area contributed by atoms with Crippen molar-refractivity contribution < 1.29 is 14.3 Å². The van der Waals surface area contributed by atoms with Crippen molar-refractivity contribution >= 4 is 5.97 Å². The molecule has 74 valence electrons. The largest absolute Gasteiger partial charge is 0.481 e. The van der Waals surface area contributed by atoms with Crippen molar-refractivity contribution in [2.24, 2.45) is 5.41 Å². The minimum absolute atomic E-state index is 0.0422. The molecule has 1 unspecified atom stereocenters. The molecule has 0 aromatic heterocycles. The van der Waals surface area contributed by atoms with Crippen LogP contribution < -0.4 is 0 Å². The quantitative estimate of drug-likeness (QED) is 0.784. The average Bonchev–Trinajstić information content (AvgIpc) is 2.81. The van der Waals surface area contributed by atoms with Gasteiger partial charge >= 0.3 is 5.97 Å². The van der Waals surface area contributed by atoms with Gasteiger partial charge in [0.1, 0.15) is 5.82 Å². The third kappa shape index (κ3) is 1.29. The second-order valence-corrected chi connectivity index (χ2v) is 4.03. The first-order chi connectivity index (χ1) is 6.54. The Hall–Kier alpha value is -1.38. The van der Waals surface area contributed by atoms with Crippen molar-refractivity contribution in [2.75, 3.05) is 0 Å². The Bertz CT molecular complexity index is 371. The van der Waals surface area contributed by atoms with E-state index in [2.05, 4.69) is 0 Å². The molecule has 0 radical (unpaired) electrons. The molecule has 14 heavy (non-hydrogen) atoms. The molecule has 0 saturated heterocycles. The van der Waals surface area contributed by atoms with Crippen molar-refractivity contribution in [3.05, 3.63) is 35.6 Å². The first-order valence-corrected chi connectivity index (χ1v) is 4.53. The summed E-state index contributed by atoms with van der Waals surface area (Å²) in [5, 5.41) is 8.92. The van der Waals surface area contributed by atoms with Crippen LogP contribution in [-0.2, 0) is 4.79 Å². The number of hydrogen-bond acceptors (Lipinski definition) is 1. The zero-order chi connectivity index (χ0) is 10.3. The maximum atomic E-state index is 12.6. The minimum Gasteiger partial charge on any atom is -0.481 e. The highest BCUT2D eigenvalue weighted by Gasteiger charge is 2.56. The maximum Gasteiger partial charge on any atom is 0.309 e. The first-order valence-electron chi connectivity index (χ1n) is 4.53. The summed E-state index contributed by atoms with van der Waals surface area (Å²) in [4.78, 5) is 10.9. The summed E-state index contributed by atoms with van der Waals surface area (Å²) < 4.78 is 12.6. The van der Waals surface area contributed by atoms with E-state index in [-0.39, 0.29) is 11.7 Å². The molecule has 0 aliphatic heterocycles. The van der Waals surface area contributed by atoms with E-state index in [1.807, 2.05) is 0 Å². The minimum atomic E-state index is -0.771. The number of aliphatic carboxylic acids is 1. The summed E-state index contributed by atoms with van der Waals surface area (Å²) in [5.41, 5.74) is 0.272. The van der Waals surface area contributed by atoms with Crippen LogP contribution in [-0.4, -0.2) is 11.1 Å². The smallest absolute Gasteiger partial charge is 0.309 e. The van der Waals surface area contributed by atoms with Crippen LogP contribution in [0.3, 0.4) is 0 Å². The second-order valence-electron chi connectivity index (χ2n) is 4.03. The van der Waals surface area contributed by atoms with Crippen molar-refractivity contribution in [1.29, 1.82) is 0 Å². The lowest BCUT2D eigenvalue weighted by atomic mass is 10.0. The van der Waals surface area contributed by atoms with E-state index in [0.717, 1.165) is 5.56 Å². The molecule has 0 heterocycles. The van der Waals surface area contributed by atoms with Crippen molar-refractivity contribution in [1.82, 2.24) is 0 Å². The third-order valence-corrected chi connectivity index (χ3v) is 3.00. The van der Waals surface area contributed by atoms with Crippen LogP contribution in [0.1, 0.15) is 24.8 Å². The molecule has 1 fully saturated rings. The molecule has 2 nitrogen and oxygen atoms in total. The molecule has 1 saturated carbocycles. The summed E-state index contributed by atoms with van der Waals surface area (Å²) in [6.07, 6.45) is 0.647. The molecule has 1 aromatic carbocycles. The fourth-order valence-corrected chi connectivity index (χ4v) is 1.78. The van der Waals surface area contributed by atoms with Crippen LogP contribution in [0.25, 0.3) is 0 Å². The number of benzene rings is 1. The number of rotatable bonds is 2. The molecular weight excluding hydrogens is 183 g/mol. The zero-order valence-corrected chi connectivity index (χ0v) is 7.83. The van der Waals surface area contributed by atoms with Crippen molar-refractivity contribution in [3.8, 4) is 0 Å². The number of carbonyl (C=O) groups is 1. The molecule has 0 bridgehead atoms. The van der Waals surface area contributed by atoms with Crippen LogP contribution in [0.5, 0.6) is 0 Å². The lowest BCUT2D eigenvalue weighted by molar-refractivity contribution is -0.142. The number of halogens is 1. The van der Waals surface area contributed by atoms with Gasteiger partial charge in [-0.2, -0.15) is 0 Å². The van der Waals surface area contributed by atoms with Gasteiger partial charge in [-0.15, -0.1) is 0 Å². The van der Waals surface area contributed by atoms with E-state index >= 15 is 0 Å². The predicted octanol–water partition coefficient (Wildman–Crippen LogP) is 2.40. The van der Waals surface area contributed by atoms with Crippen LogP contribution in [0.15, 0.2) is 24.3 Å². The Kier molecular flexibility index (Phi) is 1.84. The summed E-state index contributed by atoms with van der Waals surface area (Å²) >= 11 is 0. The van der Waals surface area contributed by atoms with Gasteiger partial charge < -0.3 is 5.11 Å². The zero-order valence-electron chi connectivity index (χ0n) is 7.83. The molecule has 2 atom stereocenters. The third-order valence-electron chi connectivity index (χ3n) is 3.00. The van der Waals surface area contributed by atoms with Gasteiger partial charge in [0.05, 0.1) is 5.41 Å². The monoisotopic (exact) mass is 194 g/mol. The predicted molar refractivity (Wildman–Crippen MR) is 49.5 cm³/mol. The standard InChI is InChI=1S/C11H11FO2/c1-11(10(13)14)6-9(11)7-2-4-8(12)5-3-7/h2-5,9H,6H2,1H3,(H,13,14)/t9?,11-/m1/s1. The lowest BCUT2D eigenvalue weighted by Gasteiger charge is -2.04. The van der Waals surface area contributed by atoms with Gasteiger partial charge in [-0.05, 0) is 31.0 Å². The number of carboxylic acids is 1. The van der Waals surface area contributed by atoms with Gasteiger partial charge in [-0.3, -0.25) is 4.79 Å². The number of hydrogen-bond donors (Lipinski definition) is 1.